The molecule has 0 aliphatic heterocycles. The van der Waals surface area contributed by atoms with E-state index in [0.717, 1.165) is 6.54 Å². The molecule has 0 bridgehead atoms. The van der Waals surface area contributed by atoms with Gasteiger partial charge in [-0.3, -0.25) is 0 Å². The van der Waals surface area contributed by atoms with Gasteiger partial charge in [-0.05, 0) is 12.9 Å². The molecule has 0 aromatic carbocycles. The van der Waals surface area contributed by atoms with Crippen molar-refractivity contribution in [2.75, 3.05) is 6.61 Å². The Morgan fingerprint density at radius 3 is 3.11 bits per heavy atom. The van der Waals surface area contributed by atoms with Crippen molar-refractivity contribution in [1.82, 2.24) is 9.55 Å². The largest absolute Gasteiger partial charge is 0.335 e. The van der Waals surface area contributed by atoms with E-state index in [9.17, 15) is 0 Å². The molecule has 0 fully saturated rings. The van der Waals surface area contributed by atoms with Crippen LogP contribution in [0, 0.1) is 0 Å². The molecule has 0 aliphatic carbocycles. The number of hydrogen-bond acceptors (Lipinski definition) is 3. The topological polar surface area (TPSA) is 27.1 Å². The molecule has 0 N–H and O–H groups in total. The van der Waals surface area contributed by atoms with E-state index in [2.05, 4.69) is 22.1 Å². The number of thiol groups is 1. The fourth-order valence-electron chi connectivity index (χ4n) is 0.565. The summed E-state index contributed by atoms with van der Waals surface area (Å²) >= 11 is 3.60. The van der Waals surface area contributed by atoms with Gasteiger partial charge in [0.2, 0.25) is 0 Å². The quantitative estimate of drug-likeness (QED) is 0.500. The molecule has 1 heterocycles. The van der Waals surface area contributed by atoms with Gasteiger partial charge in [0.15, 0.2) is 0 Å². The van der Waals surface area contributed by atoms with Crippen LogP contribution < -0.4 is 0 Å². The standard InChI is InChI=1S/C5H8N2OS/c9-8-4-3-7-2-1-6-5-7/h1-2,5,9H,3-4H2. The normalized spacial score (nSPS) is 9.89. The zero-order valence-corrected chi connectivity index (χ0v) is 5.79. The Bertz CT molecular complexity index is 152. The van der Waals surface area contributed by atoms with Crippen molar-refractivity contribution in [1.29, 1.82) is 0 Å². The third kappa shape index (κ3) is 2.07. The van der Waals surface area contributed by atoms with Gasteiger partial charge < -0.3 is 8.75 Å². The van der Waals surface area contributed by atoms with Crippen LogP contribution in [0.3, 0.4) is 0 Å². The first-order chi connectivity index (χ1) is 4.43. The van der Waals surface area contributed by atoms with Crippen LogP contribution in [0.25, 0.3) is 0 Å². The van der Waals surface area contributed by atoms with Crippen molar-refractivity contribution in [3.63, 3.8) is 0 Å². The van der Waals surface area contributed by atoms with Gasteiger partial charge in [0.1, 0.15) is 0 Å². The first kappa shape index (κ1) is 6.64. The SMILES string of the molecule is SOCCn1ccnc1. The van der Waals surface area contributed by atoms with E-state index >= 15 is 0 Å². The maximum Gasteiger partial charge on any atom is 0.0946 e. The second-order valence-electron chi connectivity index (χ2n) is 1.63. The molecule has 0 saturated carbocycles. The van der Waals surface area contributed by atoms with Crippen LogP contribution in [-0.2, 0) is 10.7 Å². The molecule has 0 unspecified atom stereocenters. The molecule has 9 heavy (non-hydrogen) atoms. The summed E-state index contributed by atoms with van der Waals surface area (Å²) in [4.78, 5) is 3.86. The van der Waals surface area contributed by atoms with Crippen LogP contribution in [0.5, 0.6) is 0 Å². The predicted octanol–water partition coefficient (Wildman–Crippen LogP) is 0.744. The highest BCUT2D eigenvalue weighted by Crippen LogP contribution is 1.86. The summed E-state index contributed by atoms with van der Waals surface area (Å²) in [5.74, 6) is 0. The highest BCUT2D eigenvalue weighted by Gasteiger charge is 1.85. The lowest BCUT2D eigenvalue weighted by molar-refractivity contribution is 0.354. The van der Waals surface area contributed by atoms with Crippen molar-refractivity contribution >= 4 is 12.9 Å². The fourth-order valence-corrected chi connectivity index (χ4v) is 0.647. The second-order valence-corrected chi connectivity index (χ2v) is 1.89. The summed E-state index contributed by atoms with van der Waals surface area (Å²) in [6, 6.07) is 0. The van der Waals surface area contributed by atoms with E-state index in [1.807, 2.05) is 10.8 Å². The van der Waals surface area contributed by atoms with Gasteiger partial charge in [0.05, 0.1) is 12.9 Å². The number of hydrogen-bond donors (Lipinski definition) is 1. The van der Waals surface area contributed by atoms with Crippen molar-refractivity contribution in [2.45, 2.75) is 6.54 Å². The van der Waals surface area contributed by atoms with Gasteiger partial charge in [0, 0.05) is 18.9 Å². The molecular weight excluding hydrogens is 136 g/mol. The maximum atomic E-state index is 4.56. The highest BCUT2D eigenvalue weighted by molar-refractivity contribution is 7.75. The van der Waals surface area contributed by atoms with Gasteiger partial charge in [-0.25, -0.2) is 4.98 Å². The summed E-state index contributed by atoms with van der Waals surface area (Å²) in [6.07, 6.45) is 5.36. The van der Waals surface area contributed by atoms with Gasteiger partial charge in [0.25, 0.3) is 0 Å². The Hall–Kier alpha value is -0.480. The Balaban J connectivity index is 2.30. The third-order valence-corrected chi connectivity index (χ3v) is 1.18. The molecule has 0 spiro atoms. The molecule has 0 radical (unpaired) electrons. The third-order valence-electron chi connectivity index (χ3n) is 1.000. The van der Waals surface area contributed by atoms with Crippen molar-refractivity contribution in [3.8, 4) is 0 Å². The Morgan fingerprint density at radius 1 is 1.67 bits per heavy atom. The molecule has 0 amide bonds. The molecule has 1 aromatic rings. The monoisotopic (exact) mass is 144 g/mol. The molecule has 1 aromatic heterocycles. The maximum absolute atomic E-state index is 4.56. The van der Waals surface area contributed by atoms with E-state index in [1.165, 1.54) is 0 Å². The number of aromatic nitrogens is 2. The minimum absolute atomic E-state index is 0.611. The van der Waals surface area contributed by atoms with Crippen LogP contribution in [-0.4, -0.2) is 16.2 Å². The molecule has 50 valence electrons. The molecular formula is C5H8N2OS. The summed E-state index contributed by atoms with van der Waals surface area (Å²) in [6.45, 7) is 1.42. The number of imidazole rings is 1. The van der Waals surface area contributed by atoms with Crippen LogP contribution in [0.15, 0.2) is 18.7 Å². The second kappa shape index (κ2) is 3.53. The Labute approximate surface area is 59.3 Å². The van der Waals surface area contributed by atoms with E-state index < -0.39 is 0 Å². The smallest absolute Gasteiger partial charge is 0.0946 e. The van der Waals surface area contributed by atoms with Crippen LogP contribution >= 0.6 is 12.9 Å². The highest BCUT2D eigenvalue weighted by atomic mass is 32.1. The van der Waals surface area contributed by atoms with Crippen LogP contribution in [0.1, 0.15) is 0 Å². The molecule has 3 nitrogen and oxygen atoms in total. The number of nitrogens with zero attached hydrogens (tertiary/aromatic N) is 2. The lowest BCUT2D eigenvalue weighted by atomic mass is 10.7. The zero-order valence-electron chi connectivity index (χ0n) is 4.90. The summed E-state index contributed by atoms with van der Waals surface area (Å²) in [7, 11) is 0. The van der Waals surface area contributed by atoms with Gasteiger partial charge in [-0.2, -0.15) is 0 Å². The van der Waals surface area contributed by atoms with Crippen molar-refractivity contribution in [2.24, 2.45) is 0 Å². The minimum atomic E-state index is 0.611. The molecule has 1 rings (SSSR count). The van der Waals surface area contributed by atoms with Crippen LogP contribution in [0.4, 0.5) is 0 Å². The predicted molar refractivity (Wildman–Crippen MR) is 37.2 cm³/mol. The summed E-state index contributed by atoms with van der Waals surface area (Å²) in [5, 5.41) is 0. The van der Waals surface area contributed by atoms with E-state index in [4.69, 9.17) is 0 Å². The minimum Gasteiger partial charge on any atom is -0.335 e. The Morgan fingerprint density at radius 2 is 2.56 bits per heavy atom. The molecule has 4 heteroatoms. The van der Waals surface area contributed by atoms with Crippen molar-refractivity contribution in [3.05, 3.63) is 18.7 Å². The van der Waals surface area contributed by atoms with Gasteiger partial charge in [-0.1, -0.05) is 0 Å². The lowest BCUT2D eigenvalue weighted by Gasteiger charge is -1.96. The van der Waals surface area contributed by atoms with Gasteiger partial charge in [-0.15, -0.1) is 0 Å². The van der Waals surface area contributed by atoms with Gasteiger partial charge >= 0.3 is 0 Å². The lowest BCUT2D eigenvalue weighted by Crippen LogP contribution is -1.98. The molecule has 0 aliphatic rings. The van der Waals surface area contributed by atoms with E-state index in [0.29, 0.717) is 6.61 Å². The zero-order chi connectivity index (χ0) is 6.53. The first-order valence-corrected chi connectivity index (χ1v) is 3.02. The molecule has 0 saturated heterocycles. The van der Waals surface area contributed by atoms with Crippen molar-refractivity contribution < 1.29 is 4.18 Å². The first-order valence-electron chi connectivity index (χ1n) is 2.65. The average molecular weight is 144 g/mol. The average Bonchev–Trinajstić information content (AvgIpc) is 2.34. The molecule has 0 atom stereocenters. The fraction of sp³-hybridized carbons (Fsp3) is 0.400. The van der Waals surface area contributed by atoms with E-state index in [-0.39, 0.29) is 0 Å². The summed E-state index contributed by atoms with van der Waals surface area (Å²) in [5.41, 5.74) is 0. The Kier molecular flexibility index (Phi) is 2.60. The summed E-state index contributed by atoms with van der Waals surface area (Å²) < 4.78 is 6.49. The van der Waals surface area contributed by atoms with E-state index in [1.54, 1.807) is 12.5 Å². The number of rotatable bonds is 3. The van der Waals surface area contributed by atoms with Crippen LogP contribution in [0.2, 0.25) is 0 Å².